The lowest BCUT2D eigenvalue weighted by Gasteiger charge is -1.89. The van der Waals surface area contributed by atoms with Crippen molar-refractivity contribution in [3.8, 4) is 0 Å². The Bertz CT molecular complexity index is 199. The number of aliphatic hydroxyl groups is 1. The second-order valence-corrected chi connectivity index (χ2v) is 2.60. The van der Waals surface area contributed by atoms with Crippen molar-refractivity contribution in [2.45, 2.75) is 6.92 Å². The van der Waals surface area contributed by atoms with Crippen molar-refractivity contribution in [1.29, 1.82) is 0 Å². The summed E-state index contributed by atoms with van der Waals surface area (Å²) in [4.78, 5) is 0.928. The molecule has 1 aromatic rings. The molecule has 1 N–H and O–H groups in total. The van der Waals surface area contributed by atoms with Gasteiger partial charge in [0.1, 0.15) is 5.76 Å². The van der Waals surface area contributed by atoms with Crippen molar-refractivity contribution in [2.75, 3.05) is 0 Å². The van der Waals surface area contributed by atoms with Gasteiger partial charge >= 0.3 is 0 Å². The Balaban J connectivity index is 2.90. The maximum Gasteiger partial charge on any atom is 0.128 e. The normalized spacial score (nSPS) is 11.9. The summed E-state index contributed by atoms with van der Waals surface area (Å²) < 4.78 is 0. The van der Waals surface area contributed by atoms with Gasteiger partial charge in [-0.2, -0.15) is 0 Å². The Hall–Kier alpha value is -0.760. The number of allylic oxidation sites excluding steroid dienone is 1. The summed E-state index contributed by atoms with van der Waals surface area (Å²) in [5, 5.41) is 11.0. The molecule has 1 rings (SSSR count). The summed E-state index contributed by atoms with van der Waals surface area (Å²) in [6, 6.07) is 3.81. The van der Waals surface area contributed by atoms with E-state index >= 15 is 0 Å². The molecule has 1 aromatic heterocycles. The standard InChI is InChI=1S/C7H8OS/c1-2-6(8)7-4-3-5-9-7/h2-5,8H,1H3. The van der Waals surface area contributed by atoms with Crippen LogP contribution in [0.3, 0.4) is 0 Å². The first-order valence-electron chi connectivity index (χ1n) is 2.73. The lowest BCUT2D eigenvalue weighted by atomic mass is 10.4. The molecule has 1 heterocycles. The van der Waals surface area contributed by atoms with E-state index < -0.39 is 0 Å². The third-order valence-electron chi connectivity index (χ3n) is 1.05. The van der Waals surface area contributed by atoms with Gasteiger partial charge in [0, 0.05) is 0 Å². The van der Waals surface area contributed by atoms with Gasteiger partial charge in [0.2, 0.25) is 0 Å². The Morgan fingerprint density at radius 1 is 1.78 bits per heavy atom. The fourth-order valence-electron chi connectivity index (χ4n) is 0.567. The monoisotopic (exact) mass is 140 g/mol. The zero-order valence-corrected chi connectivity index (χ0v) is 5.98. The van der Waals surface area contributed by atoms with E-state index in [4.69, 9.17) is 5.11 Å². The first-order chi connectivity index (χ1) is 4.34. The number of aliphatic hydroxyl groups excluding tert-OH is 1. The van der Waals surface area contributed by atoms with Gasteiger partial charge in [-0.1, -0.05) is 6.07 Å². The number of thiophene rings is 1. The summed E-state index contributed by atoms with van der Waals surface area (Å²) in [6.45, 7) is 1.81. The first-order valence-corrected chi connectivity index (χ1v) is 3.61. The highest BCUT2D eigenvalue weighted by Crippen LogP contribution is 2.16. The number of rotatable bonds is 1. The highest BCUT2D eigenvalue weighted by molar-refractivity contribution is 7.11. The largest absolute Gasteiger partial charge is 0.507 e. The predicted octanol–water partition coefficient (Wildman–Crippen LogP) is 2.67. The zero-order chi connectivity index (χ0) is 6.69. The van der Waals surface area contributed by atoms with Gasteiger partial charge in [-0.05, 0) is 24.4 Å². The van der Waals surface area contributed by atoms with E-state index in [9.17, 15) is 0 Å². The van der Waals surface area contributed by atoms with E-state index in [1.807, 2.05) is 24.4 Å². The Labute approximate surface area is 58.3 Å². The molecule has 0 aliphatic rings. The molecule has 0 atom stereocenters. The molecule has 48 valence electrons. The maximum absolute atomic E-state index is 9.09. The van der Waals surface area contributed by atoms with Crippen molar-refractivity contribution in [1.82, 2.24) is 0 Å². The van der Waals surface area contributed by atoms with Gasteiger partial charge in [-0.3, -0.25) is 0 Å². The van der Waals surface area contributed by atoms with Crippen molar-refractivity contribution in [3.05, 3.63) is 28.5 Å². The Morgan fingerprint density at radius 3 is 3.00 bits per heavy atom. The molecule has 0 aliphatic heterocycles. The predicted molar refractivity (Wildman–Crippen MR) is 40.6 cm³/mol. The second-order valence-electron chi connectivity index (χ2n) is 1.65. The molecule has 0 bridgehead atoms. The average Bonchev–Trinajstić information content (AvgIpc) is 2.37. The van der Waals surface area contributed by atoms with E-state index in [2.05, 4.69) is 0 Å². The molecule has 0 aliphatic carbocycles. The molecule has 0 saturated heterocycles. The molecule has 9 heavy (non-hydrogen) atoms. The Morgan fingerprint density at radius 2 is 2.56 bits per heavy atom. The maximum atomic E-state index is 9.09. The highest BCUT2D eigenvalue weighted by atomic mass is 32.1. The molecule has 0 spiro atoms. The van der Waals surface area contributed by atoms with Crippen molar-refractivity contribution < 1.29 is 5.11 Å². The van der Waals surface area contributed by atoms with E-state index in [1.54, 1.807) is 6.08 Å². The van der Waals surface area contributed by atoms with Gasteiger partial charge in [0.15, 0.2) is 0 Å². The lowest BCUT2D eigenvalue weighted by molar-refractivity contribution is 0.513. The van der Waals surface area contributed by atoms with Crippen LogP contribution in [0.2, 0.25) is 0 Å². The summed E-state index contributed by atoms with van der Waals surface area (Å²) in [5.41, 5.74) is 0. The SMILES string of the molecule is CC=C(O)c1cccs1. The van der Waals surface area contributed by atoms with Crippen LogP contribution in [0, 0.1) is 0 Å². The van der Waals surface area contributed by atoms with E-state index in [0.717, 1.165) is 4.88 Å². The van der Waals surface area contributed by atoms with E-state index in [0.29, 0.717) is 5.76 Å². The van der Waals surface area contributed by atoms with Gasteiger partial charge in [-0.25, -0.2) is 0 Å². The quantitative estimate of drug-likeness (QED) is 0.594. The third kappa shape index (κ3) is 1.33. The first kappa shape index (κ1) is 6.36. The molecular weight excluding hydrogens is 132 g/mol. The molecule has 0 fully saturated rings. The summed E-state index contributed by atoms with van der Waals surface area (Å²) >= 11 is 1.54. The fraction of sp³-hybridized carbons (Fsp3) is 0.143. The van der Waals surface area contributed by atoms with Crippen LogP contribution in [-0.2, 0) is 0 Å². The number of hydrogen-bond donors (Lipinski definition) is 1. The molecule has 1 nitrogen and oxygen atoms in total. The molecular formula is C7H8OS. The fourth-order valence-corrected chi connectivity index (χ4v) is 1.27. The molecule has 0 radical (unpaired) electrons. The van der Waals surface area contributed by atoms with Crippen LogP contribution in [0.15, 0.2) is 23.6 Å². The molecule has 0 aromatic carbocycles. The van der Waals surface area contributed by atoms with Gasteiger partial charge < -0.3 is 5.11 Å². The summed E-state index contributed by atoms with van der Waals surface area (Å²) in [7, 11) is 0. The van der Waals surface area contributed by atoms with Gasteiger partial charge in [-0.15, -0.1) is 11.3 Å². The van der Waals surface area contributed by atoms with Crippen LogP contribution in [0.25, 0.3) is 5.76 Å². The van der Waals surface area contributed by atoms with Crippen molar-refractivity contribution in [3.63, 3.8) is 0 Å². The molecule has 0 amide bonds. The lowest BCUT2D eigenvalue weighted by Crippen LogP contribution is -1.71. The minimum atomic E-state index is 0.366. The highest BCUT2D eigenvalue weighted by Gasteiger charge is 1.94. The van der Waals surface area contributed by atoms with Crippen LogP contribution in [0.4, 0.5) is 0 Å². The molecule has 0 saturated carbocycles. The van der Waals surface area contributed by atoms with Crippen LogP contribution in [0.5, 0.6) is 0 Å². The van der Waals surface area contributed by atoms with Gasteiger partial charge in [0.05, 0.1) is 4.88 Å². The third-order valence-corrected chi connectivity index (χ3v) is 1.94. The minimum Gasteiger partial charge on any atom is -0.507 e. The Kier molecular flexibility index (Phi) is 1.90. The number of hydrogen-bond acceptors (Lipinski definition) is 2. The van der Waals surface area contributed by atoms with Crippen LogP contribution in [0.1, 0.15) is 11.8 Å². The molecule has 0 unspecified atom stereocenters. The van der Waals surface area contributed by atoms with Crippen LogP contribution < -0.4 is 0 Å². The average molecular weight is 140 g/mol. The minimum absolute atomic E-state index is 0.366. The van der Waals surface area contributed by atoms with Crippen molar-refractivity contribution in [2.24, 2.45) is 0 Å². The molecule has 2 heteroatoms. The van der Waals surface area contributed by atoms with Crippen molar-refractivity contribution >= 4 is 17.1 Å². The van der Waals surface area contributed by atoms with Gasteiger partial charge in [0.25, 0.3) is 0 Å². The van der Waals surface area contributed by atoms with Crippen LogP contribution >= 0.6 is 11.3 Å². The van der Waals surface area contributed by atoms with E-state index in [-0.39, 0.29) is 0 Å². The zero-order valence-electron chi connectivity index (χ0n) is 5.16. The summed E-state index contributed by atoms with van der Waals surface area (Å²) in [5.74, 6) is 0.366. The van der Waals surface area contributed by atoms with Crippen LogP contribution in [-0.4, -0.2) is 5.11 Å². The smallest absolute Gasteiger partial charge is 0.128 e. The second kappa shape index (κ2) is 2.69. The topological polar surface area (TPSA) is 20.2 Å². The van der Waals surface area contributed by atoms with E-state index in [1.165, 1.54) is 11.3 Å². The summed E-state index contributed by atoms with van der Waals surface area (Å²) in [6.07, 6.45) is 1.69.